The van der Waals surface area contributed by atoms with Gasteiger partial charge in [0.15, 0.2) is 6.29 Å². The Morgan fingerprint density at radius 3 is 2.47 bits per heavy atom. The lowest BCUT2D eigenvalue weighted by Crippen LogP contribution is -2.54. The lowest BCUT2D eigenvalue weighted by molar-refractivity contribution is -0.214. The van der Waals surface area contributed by atoms with Gasteiger partial charge in [0.25, 0.3) is 0 Å². The van der Waals surface area contributed by atoms with Crippen LogP contribution in [0.15, 0.2) is 59.2 Å². The maximum absolute atomic E-state index is 6.51. The van der Waals surface area contributed by atoms with Crippen LogP contribution in [0, 0.1) is 34.0 Å². The summed E-state index contributed by atoms with van der Waals surface area (Å²) >= 11 is 0. The van der Waals surface area contributed by atoms with Crippen LogP contribution in [0.25, 0.3) is 6.08 Å². The highest BCUT2D eigenvalue weighted by Gasteiger charge is 2.58. The van der Waals surface area contributed by atoms with Crippen molar-refractivity contribution in [3.8, 4) is 0 Å². The van der Waals surface area contributed by atoms with Crippen molar-refractivity contribution in [2.45, 2.75) is 112 Å². The van der Waals surface area contributed by atoms with Crippen LogP contribution in [0.4, 0.5) is 0 Å². The normalized spacial score (nSPS) is 35.9. The Labute approximate surface area is 233 Å². The molecule has 2 nitrogen and oxygen atoms in total. The van der Waals surface area contributed by atoms with E-state index in [4.69, 9.17) is 9.47 Å². The van der Waals surface area contributed by atoms with Crippen LogP contribution < -0.4 is 0 Å². The molecule has 0 spiro atoms. The summed E-state index contributed by atoms with van der Waals surface area (Å²) < 4.78 is 12.3. The van der Waals surface area contributed by atoms with Gasteiger partial charge in [-0.3, -0.25) is 0 Å². The Balaban J connectivity index is 1.33. The van der Waals surface area contributed by atoms with E-state index in [2.05, 4.69) is 97.0 Å². The standard InChI is InChI=1S/C36H52O2/c1-8-37-26(3)38-33-22-24-36(7)31-21-23-35(6)29(25(2)13-12-16-27-14-10-9-11-15-27)18-19-30(35)28(31)17-20-32(36)34(33,4)5/h9-12,14-16,19,25-26,29,32-33H,8,13,17-18,20-24H2,1-7H3/b16-12+/t25-,26?,29-,32+,33+,35-,36-/m1/s1. The summed E-state index contributed by atoms with van der Waals surface area (Å²) in [4.78, 5) is 0. The first kappa shape index (κ1) is 27.9. The van der Waals surface area contributed by atoms with Gasteiger partial charge in [0.2, 0.25) is 0 Å². The second-order valence-corrected chi connectivity index (χ2v) is 13.9. The average Bonchev–Trinajstić information content (AvgIpc) is 3.24. The molecule has 7 atom stereocenters. The monoisotopic (exact) mass is 516 g/mol. The van der Waals surface area contributed by atoms with Gasteiger partial charge in [0.05, 0.1) is 6.10 Å². The van der Waals surface area contributed by atoms with E-state index in [1.165, 1.54) is 44.1 Å². The molecule has 4 aliphatic rings. The minimum Gasteiger partial charge on any atom is -0.353 e. The average molecular weight is 517 g/mol. The second-order valence-electron chi connectivity index (χ2n) is 13.9. The number of rotatable bonds is 8. The Hall–Kier alpha value is -1.64. The first-order valence-electron chi connectivity index (χ1n) is 15.5. The zero-order valence-corrected chi connectivity index (χ0v) is 25.2. The molecule has 0 saturated heterocycles. The number of allylic oxidation sites excluding steroid dienone is 5. The Morgan fingerprint density at radius 2 is 1.74 bits per heavy atom. The Kier molecular flexibility index (Phi) is 7.88. The van der Waals surface area contributed by atoms with Crippen molar-refractivity contribution < 1.29 is 9.47 Å². The Bertz CT molecular complexity index is 1080. The van der Waals surface area contributed by atoms with Crippen LogP contribution in [0.1, 0.15) is 105 Å². The summed E-state index contributed by atoms with van der Waals surface area (Å²) in [6.07, 6.45) is 17.5. The number of fused-ring (bicyclic) bond motifs is 4. The van der Waals surface area contributed by atoms with E-state index < -0.39 is 0 Å². The molecule has 0 amide bonds. The molecule has 38 heavy (non-hydrogen) atoms. The van der Waals surface area contributed by atoms with Gasteiger partial charge >= 0.3 is 0 Å². The molecule has 2 heteroatoms. The van der Waals surface area contributed by atoms with E-state index in [1.54, 1.807) is 11.1 Å². The van der Waals surface area contributed by atoms with E-state index in [9.17, 15) is 0 Å². The van der Waals surface area contributed by atoms with Crippen LogP contribution >= 0.6 is 0 Å². The Morgan fingerprint density at radius 1 is 0.974 bits per heavy atom. The van der Waals surface area contributed by atoms with Gasteiger partial charge in [0, 0.05) is 6.61 Å². The molecule has 5 rings (SSSR count). The van der Waals surface area contributed by atoms with Gasteiger partial charge in [-0.05, 0) is 116 Å². The first-order chi connectivity index (χ1) is 18.1. The minimum absolute atomic E-state index is 0.118. The predicted molar refractivity (Wildman–Crippen MR) is 160 cm³/mol. The van der Waals surface area contributed by atoms with Gasteiger partial charge in [-0.1, -0.05) is 88.8 Å². The number of hydrogen-bond acceptors (Lipinski definition) is 2. The van der Waals surface area contributed by atoms with Crippen molar-refractivity contribution >= 4 is 6.08 Å². The smallest absolute Gasteiger partial charge is 0.155 e. The molecular formula is C36H52O2. The first-order valence-corrected chi connectivity index (χ1v) is 15.5. The van der Waals surface area contributed by atoms with E-state index >= 15 is 0 Å². The van der Waals surface area contributed by atoms with Crippen LogP contribution in [-0.4, -0.2) is 19.0 Å². The highest BCUT2D eigenvalue weighted by molar-refractivity contribution is 5.51. The summed E-state index contributed by atoms with van der Waals surface area (Å²) in [6, 6.07) is 10.7. The van der Waals surface area contributed by atoms with Gasteiger partial charge in [-0.2, -0.15) is 0 Å². The number of benzene rings is 1. The molecule has 4 aliphatic carbocycles. The third kappa shape index (κ3) is 4.79. The molecule has 0 aromatic heterocycles. The SMILES string of the molecule is CCOC(C)O[C@H]1CC[C@]2(C)C3=C(CC[C@H]2C1(C)C)C1=CC[C@H]([C@H](C)C/C=C/c2ccccc2)[C@@]1(C)CC3. The molecule has 208 valence electrons. The maximum atomic E-state index is 6.51. The molecule has 1 aromatic rings. The zero-order valence-electron chi connectivity index (χ0n) is 25.2. The molecule has 0 aliphatic heterocycles. The summed E-state index contributed by atoms with van der Waals surface area (Å²) in [5.74, 6) is 2.12. The fourth-order valence-corrected chi connectivity index (χ4v) is 9.46. The van der Waals surface area contributed by atoms with Crippen LogP contribution in [0.3, 0.4) is 0 Å². The third-order valence-electron chi connectivity index (χ3n) is 11.5. The molecule has 1 fully saturated rings. The van der Waals surface area contributed by atoms with E-state index in [0.717, 1.165) is 18.8 Å². The molecule has 0 heterocycles. The zero-order chi connectivity index (χ0) is 27.1. The molecule has 1 unspecified atom stereocenters. The summed E-state index contributed by atoms with van der Waals surface area (Å²) in [5.41, 5.74) is 7.43. The third-order valence-corrected chi connectivity index (χ3v) is 11.5. The van der Waals surface area contributed by atoms with Crippen molar-refractivity contribution in [3.63, 3.8) is 0 Å². The van der Waals surface area contributed by atoms with Crippen molar-refractivity contribution in [2.75, 3.05) is 6.61 Å². The molecule has 0 radical (unpaired) electrons. The van der Waals surface area contributed by atoms with Gasteiger partial charge < -0.3 is 9.47 Å². The summed E-state index contributed by atoms with van der Waals surface area (Å²) in [5, 5.41) is 0. The molecule has 0 N–H and O–H groups in total. The van der Waals surface area contributed by atoms with Crippen molar-refractivity contribution in [1.82, 2.24) is 0 Å². The lowest BCUT2D eigenvalue weighted by Gasteiger charge is -2.60. The molecular weight excluding hydrogens is 464 g/mol. The van der Waals surface area contributed by atoms with Crippen molar-refractivity contribution in [3.05, 3.63) is 64.8 Å². The minimum atomic E-state index is -0.118. The van der Waals surface area contributed by atoms with Crippen LogP contribution in [0.5, 0.6) is 0 Å². The maximum Gasteiger partial charge on any atom is 0.155 e. The van der Waals surface area contributed by atoms with Crippen molar-refractivity contribution in [2.24, 2.45) is 34.0 Å². The van der Waals surface area contributed by atoms with Gasteiger partial charge in [-0.25, -0.2) is 0 Å². The van der Waals surface area contributed by atoms with Crippen LogP contribution in [0.2, 0.25) is 0 Å². The quantitative estimate of drug-likeness (QED) is 0.320. The van der Waals surface area contributed by atoms with Gasteiger partial charge in [0.1, 0.15) is 0 Å². The van der Waals surface area contributed by atoms with E-state index in [1.807, 2.05) is 5.57 Å². The van der Waals surface area contributed by atoms with E-state index in [-0.39, 0.29) is 17.8 Å². The highest BCUT2D eigenvalue weighted by Crippen LogP contribution is 2.67. The molecule has 0 bridgehead atoms. The lowest BCUT2D eigenvalue weighted by atomic mass is 9.46. The molecule has 1 saturated carbocycles. The highest BCUT2D eigenvalue weighted by atomic mass is 16.7. The predicted octanol–water partition coefficient (Wildman–Crippen LogP) is 9.77. The van der Waals surface area contributed by atoms with Crippen molar-refractivity contribution in [1.29, 1.82) is 0 Å². The summed E-state index contributed by atoms with van der Waals surface area (Å²) in [6.45, 7) is 17.5. The topological polar surface area (TPSA) is 18.5 Å². The number of hydrogen-bond donors (Lipinski definition) is 0. The van der Waals surface area contributed by atoms with Gasteiger partial charge in [-0.15, -0.1) is 0 Å². The number of ether oxygens (including phenoxy) is 2. The fourth-order valence-electron chi connectivity index (χ4n) is 9.46. The largest absolute Gasteiger partial charge is 0.353 e. The fraction of sp³-hybridized carbons (Fsp3) is 0.667. The second kappa shape index (κ2) is 10.7. The summed E-state index contributed by atoms with van der Waals surface area (Å²) in [7, 11) is 0. The van der Waals surface area contributed by atoms with Crippen LogP contribution in [-0.2, 0) is 9.47 Å². The molecule has 1 aromatic carbocycles. The van der Waals surface area contributed by atoms with E-state index in [0.29, 0.717) is 29.3 Å².